The molecule has 2 aromatic heterocycles. The molecule has 0 unspecified atom stereocenters. The van der Waals surface area contributed by atoms with Crippen LogP contribution in [0.1, 0.15) is 24.6 Å². The predicted molar refractivity (Wildman–Crippen MR) is 82.6 cm³/mol. The van der Waals surface area contributed by atoms with Crippen molar-refractivity contribution in [3.8, 4) is 0 Å². The summed E-state index contributed by atoms with van der Waals surface area (Å²) in [5.41, 5.74) is 2.87. The molecule has 0 radical (unpaired) electrons. The number of fused-ring (bicyclic) bond motifs is 1. The molecule has 0 amide bonds. The fourth-order valence-corrected chi connectivity index (χ4v) is 3.32. The molecule has 114 valence electrons. The van der Waals surface area contributed by atoms with Gasteiger partial charge in [-0.3, -0.25) is 9.47 Å². The summed E-state index contributed by atoms with van der Waals surface area (Å²) in [4.78, 5) is 17.5. The number of piperidine rings is 1. The number of H-pyrrole nitrogens is 1. The van der Waals surface area contributed by atoms with E-state index in [4.69, 9.17) is 4.52 Å². The Hall–Kier alpha value is -2.34. The van der Waals surface area contributed by atoms with Gasteiger partial charge in [0.05, 0.1) is 16.7 Å². The highest BCUT2D eigenvalue weighted by atomic mass is 16.5. The zero-order chi connectivity index (χ0) is 14.9. The number of rotatable bonds is 3. The molecule has 1 aromatic carbocycles. The molecule has 3 aromatic rings. The van der Waals surface area contributed by atoms with Crippen LogP contribution in [0.2, 0.25) is 0 Å². The summed E-state index contributed by atoms with van der Waals surface area (Å²) >= 11 is 0. The van der Waals surface area contributed by atoms with Gasteiger partial charge >= 0.3 is 5.69 Å². The Morgan fingerprint density at radius 3 is 2.82 bits per heavy atom. The third-order valence-electron chi connectivity index (χ3n) is 4.42. The second-order valence-electron chi connectivity index (χ2n) is 5.82. The van der Waals surface area contributed by atoms with Crippen LogP contribution in [0.4, 0.5) is 0 Å². The maximum absolute atomic E-state index is 12.2. The van der Waals surface area contributed by atoms with Crippen LogP contribution in [0.15, 0.2) is 45.9 Å². The molecule has 1 N–H and O–H groups in total. The molecule has 6 nitrogen and oxygen atoms in total. The van der Waals surface area contributed by atoms with E-state index >= 15 is 0 Å². The summed E-state index contributed by atoms with van der Waals surface area (Å²) < 4.78 is 6.79. The first-order valence-electron chi connectivity index (χ1n) is 7.62. The first-order chi connectivity index (χ1) is 10.8. The zero-order valence-electron chi connectivity index (χ0n) is 12.2. The van der Waals surface area contributed by atoms with Gasteiger partial charge in [-0.15, -0.1) is 0 Å². The number of aromatic amines is 1. The molecule has 1 aliphatic rings. The number of hydrogen-bond donors (Lipinski definition) is 1. The van der Waals surface area contributed by atoms with Gasteiger partial charge in [0.25, 0.3) is 0 Å². The third kappa shape index (κ3) is 2.35. The molecule has 1 aliphatic heterocycles. The van der Waals surface area contributed by atoms with Crippen LogP contribution in [-0.2, 0) is 6.54 Å². The van der Waals surface area contributed by atoms with Crippen molar-refractivity contribution in [2.75, 3.05) is 13.1 Å². The van der Waals surface area contributed by atoms with Gasteiger partial charge in [0, 0.05) is 31.7 Å². The maximum Gasteiger partial charge on any atom is 0.326 e. The van der Waals surface area contributed by atoms with E-state index in [-0.39, 0.29) is 11.7 Å². The van der Waals surface area contributed by atoms with Gasteiger partial charge in [-0.25, -0.2) is 4.79 Å². The summed E-state index contributed by atoms with van der Waals surface area (Å²) in [7, 11) is 0. The Labute approximate surface area is 127 Å². The summed E-state index contributed by atoms with van der Waals surface area (Å²) in [5, 5.41) is 3.96. The highest BCUT2D eigenvalue weighted by Crippen LogP contribution is 2.25. The van der Waals surface area contributed by atoms with Crippen LogP contribution in [0.25, 0.3) is 11.0 Å². The molecule has 0 saturated carbocycles. The average Bonchev–Trinajstić information content (AvgIpc) is 3.15. The van der Waals surface area contributed by atoms with Crippen molar-refractivity contribution in [3.05, 3.63) is 52.8 Å². The second kappa shape index (κ2) is 5.46. The molecule has 0 aliphatic carbocycles. The lowest BCUT2D eigenvalue weighted by atomic mass is 10.0. The van der Waals surface area contributed by atoms with Crippen molar-refractivity contribution in [2.45, 2.75) is 25.4 Å². The highest BCUT2D eigenvalue weighted by Gasteiger charge is 2.23. The number of para-hydroxylation sites is 2. The lowest BCUT2D eigenvalue weighted by Gasteiger charge is -2.31. The maximum atomic E-state index is 12.2. The van der Waals surface area contributed by atoms with Gasteiger partial charge in [0.2, 0.25) is 0 Å². The lowest BCUT2D eigenvalue weighted by Crippen LogP contribution is -2.36. The Kier molecular flexibility index (Phi) is 3.31. The molecule has 22 heavy (non-hydrogen) atoms. The fourth-order valence-electron chi connectivity index (χ4n) is 3.32. The third-order valence-corrected chi connectivity index (χ3v) is 4.42. The minimum absolute atomic E-state index is 0.00356. The summed E-state index contributed by atoms with van der Waals surface area (Å²) in [5.74, 6) is 0. The van der Waals surface area contributed by atoms with Gasteiger partial charge in [0.15, 0.2) is 0 Å². The number of hydrogen-bond acceptors (Lipinski definition) is 4. The van der Waals surface area contributed by atoms with E-state index in [9.17, 15) is 4.79 Å². The van der Waals surface area contributed by atoms with Gasteiger partial charge in [-0.2, -0.15) is 0 Å². The number of benzene rings is 1. The molecule has 1 saturated heterocycles. The molecule has 3 heterocycles. The molecule has 0 spiro atoms. The first kappa shape index (κ1) is 13.3. The summed E-state index contributed by atoms with van der Waals surface area (Å²) in [6.07, 6.45) is 3.55. The highest BCUT2D eigenvalue weighted by molar-refractivity contribution is 5.75. The number of imidazole rings is 1. The van der Waals surface area contributed by atoms with Crippen molar-refractivity contribution in [1.82, 2.24) is 19.6 Å². The summed E-state index contributed by atoms with van der Waals surface area (Å²) in [6.45, 7) is 2.74. The van der Waals surface area contributed by atoms with E-state index < -0.39 is 0 Å². The molecule has 0 bridgehead atoms. The minimum atomic E-state index is -0.00356. The average molecular weight is 298 g/mol. The molecule has 1 fully saturated rings. The second-order valence-corrected chi connectivity index (χ2v) is 5.82. The Balaban J connectivity index is 1.51. The van der Waals surface area contributed by atoms with E-state index in [1.54, 1.807) is 6.26 Å². The Bertz CT molecular complexity index is 810. The zero-order valence-corrected chi connectivity index (χ0v) is 12.2. The standard InChI is InChI=1S/C16H18N4O2/c21-16-17-14-3-1-2-4-15(14)20(16)13-5-8-19(9-6-13)11-12-7-10-22-18-12/h1-4,7,10,13H,5-6,8-9,11H2,(H,17,21). The number of nitrogens with zero attached hydrogens (tertiary/aromatic N) is 3. The topological polar surface area (TPSA) is 67.1 Å². The van der Waals surface area contributed by atoms with Crippen LogP contribution in [0, 0.1) is 0 Å². The normalized spacial score (nSPS) is 17.3. The van der Waals surface area contributed by atoms with E-state index in [2.05, 4.69) is 15.0 Å². The van der Waals surface area contributed by atoms with Crippen LogP contribution in [0.3, 0.4) is 0 Å². The van der Waals surface area contributed by atoms with Crippen molar-refractivity contribution < 1.29 is 4.52 Å². The SMILES string of the molecule is O=c1[nH]c2ccccc2n1C1CCN(Cc2ccon2)CC1. The molecule has 0 atom stereocenters. The molecular formula is C16H18N4O2. The Morgan fingerprint density at radius 2 is 2.05 bits per heavy atom. The van der Waals surface area contributed by atoms with E-state index in [0.29, 0.717) is 0 Å². The largest absolute Gasteiger partial charge is 0.364 e. The van der Waals surface area contributed by atoms with Crippen LogP contribution < -0.4 is 5.69 Å². The van der Waals surface area contributed by atoms with Gasteiger partial charge in [-0.1, -0.05) is 17.3 Å². The molecule has 6 heteroatoms. The lowest BCUT2D eigenvalue weighted by molar-refractivity contribution is 0.176. The van der Waals surface area contributed by atoms with Gasteiger partial charge < -0.3 is 9.51 Å². The smallest absolute Gasteiger partial charge is 0.326 e. The monoisotopic (exact) mass is 298 g/mol. The molecular weight excluding hydrogens is 280 g/mol. The number of aromatic nitrogens is 3. The van der Waals surface area contributed by atoms with E-state index in [1.807, 2.05) is 34.9 Å². The van der Waals surface area contributed by atoms with E-state index in [0.717, 1.165) is 49.2 Å². The quantitative estimate of drug-likeness (QED) is 0.804. The number of likely N-dealkylation sites (tertiary alicyclic amines) is 1. The summed E-state index contributed by atoms with van der Waals surface area (Å²) in [6, 6.07) is 10.0. The molecule has 4 rings (SSSR count). The Morgan fingerprint density at radius 1 is 1.23 bits per heavy atom. The van der Waals surface area contributed by atoms with Crippen molar-refractivity contribution in [1.29, 1.82) is 0 Å². The van der Waals surface area contributed by atoms with Gasteiger partial charge in [0.1, 0.15) is 6.26 Å². The van der Waals surface area contributed by atoms with Gasteiger partial charge in [-0.05, 0) is 25.0 Å². The van der Waals surface area contributed by atoms with E-state index in [1.165, 1.54) is 0 Å². The number of nitrogens with one attached hydrogen (secondary N) is 1. The first-order valence-corrected chi connectivity index (χ1v) is 7.62. The predicted octanol–water partition coefficient (Wildman–Crippen LogP) is 2.15. The minimum Gasteiger partial charge on any atom is -0.364 e. The van der Waals surface area contributed by atoms with Crippen LogP contribution in [0.5, 0.6) is 0 Å². The van der Waals surface area contributed by atoms with Crippen molar-refractivity contribution in [2.24, 2.45) is 0 Å². The van der Waals surface area contributed by atoms with Crippen molar-refractivity contribution >= 4 is 11.0 Å². The van der Waals surface area contributed by atoms with Crippen LogP contribution in [-0.4, -0.2) is 32.7 Å². The fraction of sp³-hybridized carbons (Fsp3) is 0.375. The van der Waals surface area contributed by atoms with Crippen LogP contribution >= 0.6 is 0 Å². The van der Waals surface area contributed by atoms with Crippen molar-refractivity contribution in [3.63, 3.8) is 0 Å².